The van der Waals surface area contributed by atoms with E-state index in [1.54, 1.807) is 12.1 Å². The molecule has 0 amide bonds. The van der Waals surface area contributed by atoms with Gasteiger partial charge in [-0.2, -0.15) is 0 Å². The van der Waals surface area contributed by atoms with Crippen LogP contribution in [0.4, 0.5) is 0 Å². The standard InChI is InChI=1S/C14H20ClNO2/c15-12-4-6-14(7-5-12)18-11-13(17)10-16-8-2-1-3-9-16/h4-7,13,17H,1-3,8-11H2/p+1/t13-/m1/s1. The smallest absolute Gasteiger partial charge is 0.137 e. The SMILES string of the molecule is O[C@@H](COc1ccc(Cl)cc1)C[NH+]1CCCCC1. The van der Waals surface area contributed by atoms with E-state index in [1.165, 1.54) is 37.3 Å². The van der Waals surface area contributed by atoms with Gasteiger partial charge in [0.25, 0.3) is 0 Å². The lowest BCUT2D eigenvalue weighted by atomic mass is 10.1. The van der Waals surface area contributed by atoms with Gasteiger partial charge in [-0.25, -0.2) is 0 Å². The number of ether oxygens (including phenoxy) is 1. The second-order valence-electron chi connectivity index (χ2n) is 4.93. The quantitative estimate of drug-likeness (QED) is 0.842. The number of aliphatic hydroxyl groups excluding tert-OH is 1. The van der Waals surface area contributed by atoms with E-state index in [4.69, 9.17) is 16.3 Å². The summed E-state index contributed by atoms with van der Waals surface area (Å²) in [6.07, 6.45) is 3.50. The average Bonchev–Trinajstić information content (AvgIpc) is 2.39. The van der Waals surface area contributed by atoms with Gasteiger partial charge in [-0.15, -0.1) is 0 Å². The van der Waals surface area contributed by atoms with E-state index in [0.29, 0.717) is 11.6 Å². The molecule has 18 heavy (non-hydrogen) atoms. The molecule has 0 saturated carbocycles. The molecule has 0 unspecified atom stereocenters. The maximum atomic E-state index is 9.95. The lowest BCUT2D eigenvalue weighted by molar-refractivity contribution is -0.908. The maximum absolute atomic E-state index is 9.95. The van der Waals surface area contributed by atoms with Crippen molar-refractivity contribution in [3.63, 3.8) is 0 Å². The molecule has 0 aliphatic carbocycles. The molecule has 100 valence electrons. The summed E-state index contributed by atoms with van der Waals surface area (Å²) in [5, 5.41) is 10.6. The molecule has 2 rings (SSSR count). The Morgan fingerprint density at radius 1 is 1.17 bits per heavy atom. The van der Waals surface area contributed by atoms with E-state index in [-0.39, 0.29) is 0 Å². The van der Waals surface area contributed by atoms with E-state index in [2.05, 4.69) is 0 Å². The Labute approximate surface area is 113 Å². The van der Waals surface area contributed by atoms with Crippen LogP contribution >= 0.6 is 11.6 Å². The van der Waals surface area contributed by atoms with Crippen LogP contribution in [0.5, 0.6) is 5.75 Å². The topological polar surface area (TPSA) is 33.9 Å². The number of rotatable bonds is 5. The van der Waals surface area contributed by atoms with Gasteiger partial charge >= 0.3 is 0 Å². The first-order valence-electron chi connectivity index (χ1n) is 6.64. The second kappa shape index (κ2) is 6.98. The minimum Gasteiger partial charge on any atom is -0.491 e. The first kappa shape index (κ1) is 13.7. The van der Waals surface area contributed by atoms with Crippen LogP contribution in [0, 0.1) is 0 Å². The number of halogens is 1. The predicted octanol–water partition coefficient (Wildman–Crippen LogP) is 1.15. The largest absolute Gasteiger partial charge is 0.491 e. The Kier molecular flexibility index (Phi) is 5.29. The maximum Gasteiger partial charge on any atom is 0.137 e. The summed E-state index contributed by atoms with van der Waals surface area (Å²) in [4.78, 5) is 1.49. The highest BCUT2D eigenvalue weighted by Gasteiger charge is 2.18. The van der Waals surface area contributed by atoms with Gasteiger partial charge < -0.3 is 14.7 Å². The summed E-state index contributed by atoms with van der Waals surface area (Å²) in [6.45, 7) is 3.49. The number of piperidine rings is 1. The highest BCUT2D eigenvalue weighted by atomic mass is 35.5. The Morgan fingerprint density at radius 2 is 1.83 bits per heavy atom. The fraction of sp³-hybridized carbons (Fsp3) is 0.571. The van der Waals surface area contributed by atoms with Crippen molar-refractivity contribution in [2.24, 2.45) is 0 Å². The molecule has 1 aromatic rings. The zero-order valence-electron chi connectivity index (χ0n) is 10.6. The summed E-state index contributed by atoms with van der Waals surface area (Å²) in [6, 6.07) is 7.23. The van der Waals surface area contributed by atoms with Crippen molar-refractivity contribution in [1.29, 1.82) is 0 Å². The third kappa shape index (κ3) is 4.48. The first-order chi connectivity index (χ1) is 8.74. The fourth-order valence-electron chi connectivity index (χ4n) is 2.37. The summed E-state index contributed by atoms with van der Waals surface area (Å²) in [7, 11) is 0. The van der Waals surface area contributed by atoms with Crippen LogP contribution in [0.25, 0.3) is 0 Å². The summed E-state index contributed by atoms with van der Waals surface area (Å²) >= 11 is 5.79. The normalized spacial score (nSPS) is 18.6. The van der Waals surface area contributed by atoms with Crippen molar-refractivity contribution in [3.8, 4) is 5.75 Å². The van der Waals surface area contributed by atoms with Gasteiger partial charge in [0.15, 0.2) is 0 Å². The number of benzene rings is 1. The van der Waals surface area contributed by atoms with Crippen LogP contribution < -0.4 is 9.64 Å². The third-order valence-corrected chi connectivity index (χ3v) is 3.59. The lowest BCUT2D eigenvalue weighted by Gasteiger charge is -2.25. The monoisotopic (exact) mass is 270 g/mol. The average molecular weight is 271 g/mol. The predicted molar refractivity (Wildman–Crippen MR) is 72.4 cm³/mol. The van der Waals surface area contributed by atoms with E-state index in [9.17, 15) is 5.11 Å². The van der Waals surface area contributed by atoms with Gasteiger partial charge in [0.2, 0.25) is 0 Å². The van der Waals surface area contributed by atoms with Gasteiger partial charge in [0, 0.05) is 5.02 Å². The molecular weight excluding hydrogens is 250 g/mol. The number of aliphatic hydroxyl groups is 1. The molecular formula is C14H21ClNO2+. The van der Waals surface area contributed by atoms with E-state index in [0.717, 1.165) is 12.3 Å². The van der Waals surface area contributed by atoms with Gasteiger partial charge in [0.1, 0.15) is 25.0 Å². The highest BCUT2D eigenvalue weighted by Crippen LogP contribution is 2.15. The molecule has 4 heteroatoms. The number of likely N-dealkylation sites (tertiary alicyclic amines) is 1. The minimum absolute atomic E-state index is 0.352. The molecule has 0 spiro atoms. The summed E-state index contributed by atoms with van der Waals surface area (Å²) < 4.78 is 5.54. The molecule has 2 N–H and O–H groups in total. The van der Waals surface area contributed by atoms with E-state index >= 15 is 0 Å². The van der Waals surface area contributed by atoms with Crippen molar-refractivity contribution in [1.82, 2.24) is 0 Å². The molecule has 1 saturated heterocycles. The zero-order chi connectivity index (χ0) is 12.8. The van der Waals surface area contributed by atoms with Crippen LogP contribution in [-0.2, 0) is 0 Å². The van der Waals surface area contributed by atoms with E-state index < -0.39 is 6.10 Å². The zero-order valence-corrected chi connectivity index (χ0v) is 11.3. The Morgan fingerprint density at radius 3 is 2.50 bits per heavy atom. The van der Waals surface area contributed by atoms with Crippen molar-refractivity contribution < 1.29 is 14.7 Å². The van der Waals surface area contributed by atoms with Crippen LogP contribution in [-0.4, -0.2) is 37.5 Å². The summed E-state index contributed by atoms with van der Waals surface area (Å²) in [5.41, 5.74) is 0. The van der Waals surface area contributed by atoms with Crippen LogP contribution in [0.2, 0.25) is 5.02 Å². The molecule has 1 aromatic carbocycles. The Balaban J connectivity index is 1.70. The number of nitrogens with one attached hydrogen (secondary N) is 1. The molecule has 0 radical (unpaired) electrons. The van der Waals surface area contributed by atoms with E-state index in [1.807, 2.05) is 12.1 Å². The number of hydrogen-bond acceptors (Lipinski definition) is 2. The summed E-state index contributed by atoms with van der Waals surface area (Å²) in [5.74, 6) is 0.757. The molecule has 1 fully saturated rings. The van der Waals surface area contributed by atoms with Gasteiger partial charge in [-0.05, 0) is 43.5 Å². The van der Waals surface area contributed by atoms with Crippen molar-refractivity contribution >= 4 is 11.6 Å². The fourth-order valence-corrected chi connectivity index (χ4v) is 2.50. The van der Waals surface area contributed by atoms with Crippen molar-refractivity contribution in [2.45, 2.75) is 25.4 Å². The van der Waals surface area contributed by atoms with Crippen molar-refractivity contribution in [2.75, 3.05) is 26.2 Å². The molecule has 0 bridgehead atoms. The Hall–Kier alpha value is -0.770. The molecule has 1 atom stereocenters. The van der Waals surface area contributed by atoms with Crippen LogP contribution in [0.3, 0.4) is 0 Å². The van der Waals surface area contributed by atoms with Crippen molar-refractivity contribution in [3.05, 3.63) is 29.3 Å². The third-order valence-electron chi connectivity index (χ3n) is 3.34. The molecule has 1 heterocycles. The highest BCUT2D eigenvalue weighted by molar-refractivity contribution is 6.30. The number of hydrogen-bond donors (Lipinski definition) is 2. The molecule has 1 aliphatic rings. The van der Waals surface area contributed by atoms with Crippen LogP contribution in [0.15, 0.2) is 24.3 Å². The Bertz CT molecular complexity index is 349. The lowest BCUT2D eigenvalue weighted by Crippen LogP contribution is -3.14. The molecule has 1 aliphatic heterocycles. The second-order valence-corrected chi connectivity index (χ2v) is 5.37. The van der Waals surface area contributed by atoms with Crippen LogP contribution in [0.1, 0.15) is 19.3 Å². The minimum atomic E-state index is -0.395. The van der Waals surface area contributed by atoms with Gasteiger partial charge in [-0.1, -0.05) is 11.6 Å². The van der Waals surface area contributed by atoms with Gasteiger partial charge in [0.05, 0.1) is 13.1 Å². The first-order valence-corrected chi connectivity index (χ1v) is 7.02. The number of quaternary nitrogens is 1. The van der Waals surface area contributed by atoms with Gasteiger partial charge in [-0.3, -0.25) is 0 Å². The molecule has 0 aromatic heterocycles. The molecule has 3 nitrogen and oxygen atoms in total.